The summed E-state index contributed by atoms with van der Waals surface area (Å²) in [6, 6.07) is 4.44. The minimum Gasteiger partial charge on any atom is -0.479 e. The highest BCUT2D eigenvalue weighted by atomic mass is 19.1. The largest absolute Gasteiger partial charge is 0.479 e. The molecule has 5 heteroatoms. The third-order valence-electron chi connectivity index (χ3n) is 2.52. The van der Waals surface area contributed by atoms with Crippen LogP contribution in [0.3, 0.4) is 0 Å². The summed E-state index contributed by atoms with van der Waals surface area (Å²) in [5, 5.41) is 18.5. The number of benzene rings is 1. The maximum atomic E-state index is 13.4. The minimum atomic E-state index is -2.44. The van der Waals surface area contributed by atoms with Crippen molar-refractivity contribution in [3.63, 3.8) is 0 Å². The molecule has 0 spiro atoms. The molecule has 0 saturated heterocycles. The number of halogens is 2. The van der Waals surface area contributed by atoms with E-state index in [4.69, 9.17) is 5.11 Å². The van der Waals surface area contributed by atoms with Gasteiger partial charge in [0.25, 0.3) is 0 Å². The lowest BCUT2D eigenvalue weighted by Gasteiger charge is -2.28. The molecular weight excluding hydrogens is 218 g/mol. The number of hydrogen-bond acceptors (Lipinski definition) is 2. The van der Waals surface area contributed by atoms with Crippen LogP contribution in [0.1, 0.15) is 18.9 Å². The lowest BCUT2D eigenvalue weighted by Crippen LogP contribution is -2.41. The van der Waals surface area contributed by atoms with E-state index in [-0.39, 0.29) is 12.0 Å². The van der Waals surface area contributed by atoms with Crippen molar-refractivity contribution in [1.29, 1.82) is 0 Å². The van der Waals surface area contributed by atoms with Gasteiger partial charge in [0.15, 0.2) is 0 Å². The van der Waals surface area contributed by atoms with Crippen LogP contribution in [0.4, 0.5) is 8.78 Å². The molecule has 0 aromatic heterocycles. The van der Waals surface area contributed by atoms with E-state index in [2.05, 4.69) is 0 Å². The zero-order chi connectivity index (χ0) is 12.3. The van der Waals surface area contributed by atoms with Crippen LogP contribution in [-0.2, 0) is 10.4 Å². The van der Waals surface area contributed by atoms with Crippen LogP contribution in [0.2, 0.25) is 0 Å². The Morgan fingerprint density at radius 2 is 1.94 bits per heavy atom. The molecule has 0 aliphatic heterocycles. The highest BCUT2D eigenvalue weighted by Crippen LogP contribution is 2.31. The van der Waals surface area contributed by atoms with Crippen LogP contribution in [0.25, 0.3) is 0 Å². The Morgan fingerprint density at radius 1 is 1.44 bits per heavy atom. The molecule has 3 nitrogen and oxygen atoms in total. The van der Waals surface area contributed by atoms with Crippen LogP contribution in [0, 0.1) is 5.82 Å². The monoisotopic (exact) mass is 230 g/mol. The van der Waals surface area contributed by atoms with Crippen molar-refractivity contribution in [1.82, 2.24) is 0 Å². The number of aliphatic carboxylic acids is 1. The number of carboxylic acids is 1. The number of alkyl halides is 1. The molecule has 2 unspecified atom stereocenters. The van der Waals surface area contributed by atoms with Gasteiger partial charge in [-0.2, -0.15) is 0 Å². The summed E-state index contributed by atoms with van der Waals surface area (Å²) >= 11 is 0. The average Bonchev–Trinajstić information content (AvgIpc) is 2.27. The van der Waals surface area contributed by atoms with Crippen LogP contribution in [-0.4, -0.2) is 22.4 Å². The fraction of sp³-hybridized carbons (Fsp3) is 0.364. The summed E-state index contributed by atoms with van der Waals surface area (Å²) in [6.07, 6.45) is -2.56. The van der Waals surface area contributed by atoms with Crippen molar-refractivity contribution in [2.75, 3.05) is 0 Å². The topological polar surface area (TPSA) is 57.5 Å². The van der Waals surface area contributed by atoms with Crippen molar-refractivity contribution in [2.45, 2.75) is 25.1 Å². The molecule has 1 rings (SSSR count). The van der Waals surface area contributed by atoms with Crippen molar-refractivity contribution in [3.8, 4) is 0 Å². The van der Waals surface area contributed by atoms with Crippen molar-refractivity contribution in [2.24, 2.45) is 0 Å². The molecule has 0 saturated carbocycles. The Bertz CT molecular complexity index is 377. The van der Waals surface area contributed by atoms with Gasteiger partial charge in [0, 0.05) is 0 Å². The summed E-state index contributed by atoms with van der Waals surface area (Å²) in [5.41, 5.74) is -2.08. The first-order chi connectivity index (χ1) is 7.41. The number of hydrogen-bond donors (Lipinski definition) is 2. The Balaban J connectivity index is 3.14. The van der Waals surface area contributed by atoms with Crippen LogP contribution in [0.5, 0.6) is 0 Å². The van der Waals surface area contributed by atoms with Crippen LogP contribution in [0.15, 0.2) is 24.3 Å². The highest BCUT2D eigenvalue weighted by Gasteiger charge is 2.42. The fourth-order valence-corrected chi connectivity index (χ4v) is 1.47. The second-order valence-electron chi connectivity index (χ2n) is 3.49. The zero-order valence-electron chi connectivity index (χ0n) is 8.65. The molecule has 1 aromatic rings. The first-order valence-electron chi connectivity index (χ1n) is 4.77. The van der Waals surface area contributed by atoms with Gasteiger partial charge in [0.2, 0.25) is 6.17 Å². The SMILES string of the molecule is CCC(O)(c1ccc(F)cc1)C(F)C(=O)O. The standard InChI is InChI=1S/C11H12F2O3/c1-2-11(16,9(13)10(14)15)7-3-5-8(12)6-4-7/h3-6,9,16H,2H2,1H3,(H,14,15). The first kappa shape index (κ1) is 12.6. The summed E-state index contributed by atoms with van der Waals surface area (Å²) < 4.78 is 26.1. The smallest absolute Gasteiger partial charge is 0.341 e. The van der Waals surface area contributed by atoms with Gasteiger partial charge in [-0.05, 0) is 24.1 Å². The number of carboxylic acid groups (broad SMARTS) is 1. The van der Waals surface area contributed by atoms with Crippen LogP contribution < -0.4 is 0 Å². The van der Waals surface area contributed by atoms with E-state index in [1.165, 1.54) is 19.1 Å². The quantitative estimate of drug-likeness (QED) is 0.829. The lowest BCUT2D eigenvalue weighted by atomic mass is 9.86. The van der Waals surface area contributed by atoms with Gasteiger partial charge in [-0.25, -0.2) is 13.6 Å². The predicted molar refractivity (Wildman–Crippen MR) is 53.1 cm³/mol. The third kappa shape index (κ3) is 2.19. The Hall–Kier alpha value is -1.49. The van der Waals surface area contributed by atoms with E-state index < -0.39 is 23.6 Å². The highest BCUT2D eigenvalue weighted by molar-refractivity contribution is 5.74. The average molecular weight is 230 g/mol. The molecule has 0 fully saturated rings. The van der Waals surface area contributed by atoms with Crippen LogP contribution >= 0.6 is 0 Å². The molecule has 2 N–H and O–H groups in total. The maximum Gasteiger partial charge on any atom is 0.341 e. The summed E-state index contributed by atoms with van der Waals surface area (Å²) in [6.45, 7) is 1.46. The Labute approximate surface area is 91.3 Å². The summed E-state index contributed by atoms with van der Waals surface area (Å²) in [7, 11) is 0. The van der Waals surface area contributed by atoms with E-state index >= 15 is 0 Å². The molecule has 0 aliphatic carbocycles. The number of aliphatic hydroxyl groups is 1. The second-order valence-corrected chi connectivity index (χ2v) is 3.49. The van der Waals surface area contributed by atoms with E-state index in [9.17, 15) is 18.7 Å². The second kappa shape index (κ2) is 4.57. The molecule has 2 atom stereocenters. The summed E-state index contributed by atoms with van der Waals surface area (Å²) in [5.74, 6) is -2.28. The summed E-state index contributed by atoms with van der Waals surface area (Å²) in [4.78, 5) is 10.5. The molecule has 88 valence electrons. The van der Waals surface area contributed by atoms with E-state index in [1.807, 2.05) is 0 Å². The van der Waals surface area contributed by atoms with Gasteiger partial charge >= 0.3 is 5.97 Å². The zero-order valence-corrected chi connectivity index (χ0v) is 8.65. The predicted octanol–water partition coefficient (Wildman–Crippen LogP) is 1.85. The first-order valence-corrected chi connectivity index (χ1v) is 4.77. The molecular formula is C11H12F2O3. The van der Waals surface area contributed by atoms with Crippen molar-refractivity contribution < 1.29 is 23.8 Å². The minimum absolute atomic E-state index is 0.0475. The molecule has 0 aliphatic rings. The van der Waals surface area contributed by atoms with Gasteiger partial charge in [-0.3, -0.25) is 0 Å². The number of rotatable bonds is 4. The number of carbonyl (C=O) groups is 1. The molecule has 0 radical (unpaired) electrons. The van der Waals surface area contributed by atoms with Gasteiger partial charge in [0.1, 0.15) is 11.4 Å². The molecule has 0 heterocycles. The van der Waals surface area contributed by atoms with Gasteiger partial charge in [0.05, 0.1) is 0 Å². The van der Waals surface area contributed by atoms with Crippen molar-refractivity contribution in [3.05, 3.63) is 35.6 Å². The molecule has 16 heavy (non-hydrogen) atoms. The fourth-order valence-electron chi connectivity index (χ4n) is 1.47. The third-order valence-corrected chi connectivity index (χ3v) is 2.52. The molecule has 0 bridgehead atoms. The van der Waals surface area contributed by atoms with Gasteiger partial charge in [-0.1, -0.05) is 19.1 Å². The Morgan fingerprint density at radius 3 is 2.31 bits per heavy atom. The molecule has 1 aromatic carbocycles. The normalized spacial score (nSPS) is 16.5. The van der Waals surface area contributed by atoms with Gasteiger partial charge < -0.3 is 10.2 Å². The van der Waals surface area contributed by atoms with E-state index in [0.29, 0.717) is 0 Å². The maximum absolute atomic E-state index is 13.4. The van der Waals surface area contributed by atoms with E-state index in [1.54, 1.807) is 0 Å². The van der Waals surface area contributed by atoms with Gasteiger partial charge in [-0.15, -0.1) is 0 Å². The lowest BCUT2D eigenvalue weighted by molar-refractivity contribution is -0.155. The Kier molecular flexibility index (Phi) is 3.59. The molecule has 0 amide bonds. The van der Waals surface area contributed by atoms with Crippen molar-refractivity contribution >= 4 is 5.97 Å². The van der Waals surface area contributed by atoms with E-state index in [0.717, 1.165) is 12.1 Å².